The van der Waals surface area contributed by atoms with Crippen molar-refractivity contribution in [1.29, 1.82) is 0 Å². The second kappa shape index (κ2) is 8.60. The quantitative estimate of drug-likeness (QED) is 0.393. The van der Waals surface area contributed by atoms with Crippen LogP contribution in [-0.4, -0.2) is 31.5 Å². The number of hydrogen-bond acceptors (Lipinski definition) is 2. The monoisotopic (exact) mass is 382 g/mol. The second-order valence-corrected chi connectivity index (χ2v) is 5.64. The molecule has 0 aromatic rings. The Morgan fingerprint density at radius 3 is 2.42 bits per heavy atom. The Morgan fingerprint density at radius 2 is 1.89 bits per heavy atom. The average Bonchev–Trinajstić information content (AvgIpc) is 2.36. The highest BCUT2D eigenvalue weighted by molar-refractivity contribution is 14.0. The van der Waals surface area contributed by atoms with Crippen molar-refractivity contribution in [2.45, 2.75) is 52.0 Å². The number of rotatable bonds is 4. The standard InChI is InChI=1S/C13H26N4O.HI/c1-13(2,11(18)15-3)9-16-12(14)17-10-7-5-4-6-8-10;/h10H,4-9H2,1-3H3,(H,15,18)(H3,14,16,17);1H. The van der Waals surface area contributed by atoms with E-state index >= 15 is 0 Å². The molecule has 1 fully saturated rings. The summed E-state index contributed by atoms with van der Waals surface area (Å²) in [6.07, 6.45) is 6.16. The van der Waals surface area contributed by atoms with Crippen LogP contribution < -0.4 is 16.4 Å². The molecular weight excluding hydrogens is 355 g/mol. The Bertz CT molecular complexity index is 312. The van der Waals surface area contributed by atoms with Crippen LogP contribution in [0.15, 0.2) is 4.99 Å². The zero-order valence-electron chi connectivity index (χ0n) is 12.2. The van der Waals surface area contributed by atoms with E-state index in [1.165, 1.54) is 19.3 Å². The molecule has 0 heterocycles. The van der Waals surface area contributed by atoms with Gasteiger partial charge in [0.1, 0.15) is 0 Å². The van der Waals surface area contributed by atoms with Crippen LogP contribution in [-0.2, 0) is 4.79 Å². The normalized spacial score (nSPS) is 17.5. The Hall–Kier alpha value is -0.530. The lowest BCUT2D eigenvalue weighted by Gasteiger charge is -2.24. The zero-order chi connectivity index (χ0) is 13.6. The predicted molar refractivity (Wildman–Crippen MR) is 89.8 cm³/mol. The minimum absolute atomic E-state index is 0. The molecule has 1 amide bonds. The smallest absolute Gasteiger partial charge is 0.227 e. The highest BCUT2D eigenvalue weighted by Gasteiger charge is 2.26. The molecule has 0 saturated heterocycles. The molecule has 6 heteroatoms. The van der Waals surface area contributed by atoms with Gasteiger partial charge in [0.2, 0.25) is 5.91 Å². The summed E-state index contributed by atoms with van der Waals surface area (Å²) in [6.45, 7) is 4.13. The fourth-order valence-electron chi connectivity index (χ4n) is 2.19. The van der Waals surface area contributed by atoms with E-state index in [-0.39, 0.29) is 29.9 Å². The highest BCUT2D eigenvalue weighted by atomic mass is 127. The SMILES string of the molecule is CNC(=O)C(C)(C)CN=C(N)NC1CCCCC1.I. The second-order valence-electron chi connectivity index (χ2n) is 5.64. The Balaban J connectivity index is 0.00000324. The number of halogens is 1. The largest absolute Gasteiger partial charge is 0.370 e. The van der Waals surface area contributed by atoms with Crippen molar-refractivity contribution in [2.75, 3.05) is 13.6 Å². The fraction of sp³-hybridized carbons (Fsp3) is 0.846. The van der Waals surface area contributed by atoms with Crippen molar-refractivity contribution in [3.63, 3.8) is 0 Å². The van der Waals surface area contributed by atoms with E-state index in [0.29, 0.717) is 18.5 Å². The molecular formula is C13H27IN4O. The van der Waals surface area contributed by atoms with Crippen molar-refractivity contribution in [3.8, 4) is 0 Å². The lowest BCUT2D eigenvalue weighted by atomic mass is 9.92. The third-order valence-electron chi connectivity index (χ3n) is 3.44. The van der Waals surface area contributed by atoms with Crippen LogP contribution in [0.4, 0.5) is 0 Å². The van der Waals surface area contributed by atoms with E-state index < -0.39 is 5.41 Å². The molecule has 5 nitrogen and oxygen atoms in total. The number of guanidine groups is 1. The lowest BCUT2D eigenvalue weighted by molar-refractivity contribution is -0.128. The third-order valence-corrected chi connectivity index (χ3v) is 3.44. The predicted octanol–water partition coefficient (Wildman–Crippen LogP) is 1.61. The Morgan fingerprint density at radius 1 is 1.32 bits per heavy atom. The molecule has 0 spiro atoms. The molecule has 0 atom stereocenters. The van der Waals surface area contributed by atoms with Crippen molar-refractivity contribution in [3.05, 3.63) is 0 Å². The summed E-state index contributed by atoms with van der Waals surface area (Å²) < 4.78 is 0. The average molecular weight is 382 g/mol. The summed E-state index contributed by atoms with van der Waals surface area (Å²) in [6, 6.07) is 0.450. The van der Waals surface area contributed by atoms with Gasteiger partial charge in [-0.05, 0) is 26.7 Å². The van der Waals surface area contributed by atoms with Crippen LogP contribution >= 0.6 is 24.0 Å². The molecule has 0 unspecified atom stereocenters. The first-order valence-corrected chi connectivity index (χ1v) is 6.74. The molecule has 0 bridgehead atoms. The molecule has 0 radical (unpaired) electrons. The minimum Gasteiger partial charge on any atom is -0.370 e. The number of nitrogens with one attached hydrogen (secondary N) is 2. The number of carbonyl (C=O) groups excluding carboxylic acids is 1. The molecule has 1 saturated carbocycles. The maximum Gasteiger partial charge on any atom is 0.227 e. The number of aliphatic imine (C=N–C) groups is 1. The Kier molecular flexibility index (Phi) is 8.36. The van der Waals surface area contributed by atoms with Crippen LogP contribution in [0.25, 0.3) is 0 Å². The van der Waals surface area contributed by atoms with Crippen LogP contribution in [0.2, 0.25) is 0 Å². The van der Waals surface area contributed by atoms with Crippen molar-refractivity contribution in [2.24, 2.45) is 16.1 Å². The van der Waals surface area contributed by atoms with Crippen LogP contribution in [0.1, 0.15) is 46.0 Å². The van der Waals surface area contributed by atoms with Crippen LogP contribution in [0.5, 0.6) is 0 Å². The van der Waals surface area contributed by atoms with Gasteiger partial charge in [-0.1, -0.05) is 19.3 Å². The number of nitrogens with two attached hydrogens (primary N) is 1. The minimum atomic E-state index is -0.520. The number of hydrogen-bond donors (Lipinski definition) is 3. The van der Waals surface area contributed by atoms with E-state index in [9.17, 15) is 4.79 Å². The summed E-state index contributed by atoms with van der Waals surface area (Å²) in [5.74, 6) is 0.440. The lowest BCUT2D eigenvalue weighted by Crippen LogP contribution is -2.42. The summed E-state index contributed by atoms with van der Waals surface area (Å²) in [5, 5.41) is 5.89. The molecule has 112 valence electrons. The van der Waals surface area contributed by atoms with E-state index in [1.807, 2.05) is 13.8 Å². The first kappa shape index (κ1) is 18.5. The molecule has 1 aliphatic carbocycles. The van der Waals surface area contributed by atoms with Gasteiger partial charge in [0.05, 0.1) is 12.0 Å². The number of amides is 1. The van der Waals surface area contributed by atoms with E-state index in [4.69, 9.17) is 5.73 Å². The maximum atomic E-state index is 11.6. The van der Waals surface area contributed by atoms with Gasteiger partial charge in [-0.3, -0.25) is 9.79 Å². The number of nitrogens with zero attached hydrogens (tertiary/aromatic N) is 1. The first-order valence-electron chi connectivity index (χ1n) is 6.74. The molecule has 19 heavy (non-hydrogen) atoms. The third kappa shape index (κ3) is 6.44. The summed E-state index contributed by atoms with van der Waals surface area (Å²) in [7, 11) is 1.64. The van der Waals surface area contributed by atoms with Crippen molar-refractivity contribution >= 4 is 35.8 Å². The van der Waals surface area contributed by atoms with E-state index in [2.05, 4.69) is 15.6 Å². The van der Waals surface area contributed by atoms with Gasteiger partial charge in [0.25, 0.3) is 0 Å². The molecule has 1 rings (SSSR count). The van der Waals surface area contributed by atoms with Gasteiger partial charge in [-0.2, -0.15) is 0 Å². The molecule has 1 aliphatic rings. The van der Waals surface area contributed by atoms with E-state index in [1.54, 1.807) is 7.05 Å². The molecule has 0 aliphatic heterocycles. The number of carbonyl (C=O) groups is 1. The fourth-order valence-corrected chi connectivity index (χ4v) is 2.19. The molecule has 0 aromatic carbocycles. The molecule has 4 N–H and O–H groups in total. The summed E-state index contributed by atoms with van der Waals surface area (Å²) in [4.78, 5) is 15.9. The van der Waals surface area contributed by atoms with Crippen molar-refractivity contribution < 1.29 is 4.79 Å². The van der Waals surface area contributed by atoms with Gasteiger partial charge in [0.15, 0.2) is 5.96 Å². The van der Waals surface area contributed by atoms with E-state index in [0.717, 1.165) is 12.8 Å². The van der Waals surface area contributed by atoms with Gasteiger partial charge >= 0.3 is 0 Å². The van der Waals surface area contributed by atoms with Crippen LogP contribution in [0, 0.1) is 5.41 Å². The zero-order valence-corrected chi connectivity index (χ0v) is 14.5. The van der Waals surface area contributed by atoms with Gasteiger partial charge in [-0.25, -0.2) is 0 Å². The maximum absolute atomic E-state index is 11.6. The molecule has 0 aromatic heterocycles. The Labute approximate surface area is 133 Å². The summed E-state index contributed by atoms with van der Waals surface area (Å²) >= 11 is 0. The van der Waals surface area contributed by atoms with Crippen LogP contribution in [0.3, 0.4) is 0 Å². The van der Waals surface area contributed by atoms with Gasteiger partial charge in [-0.15, -0.1) is 24.0 Å². The van der Waals surface area contributed by atoms with Gasteiger partial charge in [0, 0.05) is 13.1 Å². The van der Waals surface area contributed by atoms with Crippen molar-refractivity contribution in [1.82, 2.24) is 10.6 Å². The summed E-state index contributed by atoms with van der Waals surface area (Å²) in [5.41, 5.74) is 5.34. The first-order chi connectivity index (χ1) is 8.45. The van der Waals surface area contributed by atoms with Gasteiger partial charge < -0.3 is 16.4 Å². The highest BCUT2D eigenvalue weighted by Crippen LogP contribution is 2.17. The topological polar surface area (TPSA) is 79.5 Å².